The number of rotatable bonds is 4. The number of carboxylic acids is 1. The minimum absolute atomic E-state index is 0.0385. The standard InChI is InChI=1S/C15H20N2O3/c18-15(19)14-9-13(16-17-14)10-5-7-12(8-6-10)20-11-3-1-2-4-11/h5-8,11,13-14,16-17H,1-4,9H2,(H,18,19). The Morgan fingerprint density at radius 1 is 1.15 bits per heavy atom. The highest BCUT2D eigenvalue weighted by atomic mass is 16.5. The van der Waals surface area contributed by atoms with E-state index < -0.39 is 12.0 Å². The van der Waals surface area contributed by atoms with Gasteiger partial charge in [-0.25, -0.2) is 10.9 Å². The highest BCUT2D eigenvalue weighted by Gasteiger charge is 2.29. The molecule has 1 aliphatic carbocycles. The Balaban J connectivity index is 1.60. The van der Waals surface area contributed by atoms with Crippen molar-refractivity contribution in [1.29, 1.82) is 0 Å². The lowest BCUT2D eigenvalue weighted by molar-refractivity contribution is -0.139. The van der Waals surface area contributed by atoms with Crippen LogP contribution in [0, 0.1) is 0 Å². The molecule has 0 bridgehead atoms. The number of carboxylic acid groups (broad SMARTS) is 1. The van der Waals surface area contributed by atoms with Gasteiger partial charge in [-0.05, 0) is 49.8 Å². The van der Waals surface area contributed by atoms with Gasteiger partial charge in [0.25, 0.3) is 0 Å². The first-order valence-electron chi connectivity index (χ1n) is 7.23. The molecule has 0 aromatic heterocycles. The zero-order chi connectivity index (χ0) is 13.9. The van der Waals surface area contributed by atoms with Crippen molar-refractivity contribution >= 4 is 5.97 Å². The lowest BCUT2D eigenvalue weighted by Crippen LogP contribution is -2.36. The number of hydrazine groups is 1. The average molecular weight is 276 g/mol. The van der Waals surface area contributed by atoms with Crippen molar-refractivity contribution in [2.75, 3.05) is 0 Å². The second-order valence-corrected chi connectivity index (χ2v) is 5.56. The van der Waals surface area contributed by atoms with Crippen molar-refractivity contribution in [3.8, 4) is 5.75 Å². The van der Waals surface area contributed by atoms with Crippen LogP contribution in [0.1, 0.15) is 43.7 Å². The van der Waals surface area contributed by atoms with Gasteiger partial charge in [0.05, 0.1) is 6.10 Å². The second-order valence-electron chi connectivity index (χ2n) is 5.56. The molecule has 0 amide bonds. The highest BCUT2D eigenvalue weighted by molar-refractivity contribution is 5.73. The van der Waals surface area contributed by atoms with E-state index in [1.165, 1.54) is 12.8 Å². The number of aliphatic carboxylic acids is 1. The molecule has 1 saturated carbocycles. The van der Waals surface area contributed by atoms with Crippen molar-refractivity contribution in [3.63, 3.8) is 0 Å². The third-order valence-electron chi connectivity index (χ3n) is 4.09. The van der Waals surface area contributed by atoms with Crippen LogP contribution < -0.4 is 15.6 Å². The van der Waals surface area contributed by atoms with E-state index in [9.17, 15) is 4.79 Å². The van der Waals surface area contributed by atoms with Gasteiger partial charge < -0.3 is 9.84 Å². The first-order valence-corrected chi connectivity index (χ1v) is 7.23. The maximum absolute atomic E-state index is 10.9. The van der Waals surface area contributed by atoms with Gasteiger partial charge >= 0.3 is 5.97 Å². The van der Waals surface area contributed by atoms with Crippen LogP contribution >= 0.6 is 0 Å². The molecular weight excluding hydrogens is 256 g/mol. The Morgan fingerprint density at radius 3 is 2.45 bits per heavy atom. The average Bonchev–Trinajstić information content (AvgIpc) is 3.10. The SMILES string of the molecule is O=C(O)C1CC(c2ccc(OC3CCCC3)cc2)NN1. The largest absolute Gasteiger partial charge is 0.490 e. The van der Waals surface area contributed by atoms with Gasteiger partial charge in [-0.3, -0.25) is 4.79 Å². The summed E-state index contributed by atoms with van der Waals surface area (Å²) >= 11 is 0. The normalized spacial score (nSPS) is 26.8. The van der Waals surface area contributed by atoms with Crippen molar-refractivity contribution in [3.05, 3.63) is 29.8 Å². The van der Waals surface area contributed by atoms with E-state index in [2.05, 4.69) is 10.9 Å². The Hall–Kier alpha value is -1.59. The molecule has 1 aliphatic heterocycles. The molecule has 0 radical (unpaired) electrons. The molecule has 1 aromatic carbocycles. The van der Waals surface area contributed by atoms with E-state index >= 15 is 0 Å². The molecule has 20 heavy (non-hydrogen) atoms. The lowest BCUT2D eigenvalue weighted by Gasteiger charge is -2.14. The van der Waals surface area contributed by atoms with Crippen molar-refractivity contribution < 1.29 is 14.6 Å². The number of hydrogen-bond donors (Lipinski definition) is 3. The number of hydrogen-bond acceptors (Lipinski definition) is 4. The third-order valence-corrected chi connectivity index (χ3v) is 4.09. The number of benzene rings is 1. The zero-order valence-corrected chi connectivity index (χ0v) is 11.3. The Morgan fingerprint density at radius 2 is 1.85 bits per heavy atom. The Bertz CT molecular complexity index is 469. The summed E-state index contributed by atoms with van der Waals surface area (Å²) in [4.78, 5) is 10.9. The van der Waals surface area contributed by atoms with E-state index in [1.54, 1.807) is 0 Å². The molecule has 2 fully saturated rings. The molecule has 2 atom stereocenters. The van der Waals surface area contributed by atoms with Crippen molar-refractivity contribution in [2.45, 2.75) is 50.3 Å². The van der Waals surface area contributed by atoms with Gasteiger partial charge in [0.15, 0.2) is 0 Å². The number of ether oxygens (including phenoxy) is 1. The van der Waals surface area contributed by atoms with E-state index in [0.29, 0.717) is 12.5 Å². The fourth-order valence-corrected chi connectivity index (χ4v) is 2.91. The van der Waals surface area contributed by atoms with Crippen LogP contribution in [0.3, 0.4) is 0 Å². The predicted molar refractivity (Wildman–Crippen MR) is 74.4 cm³/mol. The smallest absolute Gasteiger partial charge is 0.322 e. The minimum atomic E-state index is -0.818. The molecule has 3 rings (SSSR count). The summed E-state index contributed by atoms with van der Waals surface area (Å²) in [5.74, 6) is 0.0857. The molecule has 5 heteroatoms. The predicted octanol–water partition coefficient (Wildman–Crippen LogP) is 2.00. The third kappa shape index (κ3) is 2.94. The Labute approximate surface area is 118 Å². The summed E-state index contributed by atoms with van der Waals surface area (Å²) in [6.07, 6.45) is 5.74. The summed E-state index contributed by atoms with van der Waals surface area (Å²) in [5, 5.41) is 8.96. The molecular formula is C15H20N2O3. The molecule has 108 valence electrons. The van der Waals surface area contributed by atoms with Crippen molar-refractivity contribution in [1.82, 2.24) is 10.9 Å². The highest BCUT2D eigenvalue weighted by Crippen LogP contribution is 2.27. The lowest BCUT2D eigenvalue weighted by atomic mass is 10.0. The molecule has 0 spiro atoms. The quantitative estimate of drug-likeness (QED) is 0.784. The first-order chi connectivity index (χ1) is 9.72. The first kappa shape index (κ1) is 13.4. The molecule has 3 N–H and O–H groups in total. The van der Waals surface area contributed by atoms with Gasteiger partial charge in [-0.2, -0.15) is 0 Å². The maximum atomic E-state index is 10.9. The summed E-state index contributed by atoms with van der Waals surface area (Å²) in [7, 11) is 0. The Kier molecular flexibility index (Phi) is 3.89. The van der Waals surface area contributed by atoms with Gasteiger partial charge in [-0.15, -0.1) is 0 Å². The van der Waals surface area contributed by atoms with Crippen LogP contribution in [0.15, 0.2) is 24.3 Å². The van der Waals surface area contributed by atoms with E-state index in [4.69, 9.17) is 9.84 Å². The maximum Gasteiger partial charge on any atom is 0.322 e. The molecule has 1 saturated heterocycles. The van der Waals surface area contributed by atoms with E-state index in [-0.39, 0.29) is 6.04 Å². The molecule has 2 aliphatic rings. The molecule has 1 heterocycles. The van der Waals surface area contributed by atoms with Crippen molar-refractivity contribution in [2.24, 2.45) is 0 Å². The molecule has 5 nitrogen and oxygen atoms in total. The van der Waals surface area contributed by atoms with Gasteiger partial charge in [0.2, 0.25) is 0 Å². The van der Waals surface area contributed by atoms with Crippen LogP contribution in [-0.2, 0) is 4.79 Å². The van der Waals surface area contributed by atoms with E-state index in [0.717, 1.165) is 24.2 Å². The van der Waals surface area contributed by atoms with E-state index in [1.807, 2.05) is 24.3 Å². The van der Waals surface area contributed by atoms with Crippen LogP contribution in [0.5, 0.6) is 5.75 Å². The second kappa shape index (κ2) is 5.81. The van der Waals surface area contributed by atoms with Crippen LogP contribution in [0.4, 0.5) is 0 Å². The number of nitrogens with one attached hydrogen (secondary N) is 2. The fourth-order valence-electron chi connectivity index (χ4n) is 2.91. The van der Waals surface area contributed by atoms with Crippen LogP contribution in [0.25, 0.3) is 0 Å². The van der Waals surface area contributed by atoms with Crippen LogP contribution in [0.2, 0.25) is 0 Å². The summed E-state index contributed by atoms with van der Waals surface area (Å²) in [6.45, 7) is 0. The van der Waals surface area contributed by atoms with Crippen LogP contribution in [-0.4, -0.2) is 23.2 Å². The minimum Gasteiger partial charge on any atom is -0.490 e. The topological polar surface area (TPSA) is 70.6 Å². The van der Waals surface area contributed by atoms with Gasteiger partial charge in [0.1, 0.15) is 11.8 Å². The van der Waals surface area contributed by atoms with Gasteiger partial charge in [0, 0.05) is 6.04 Å². The summed E-state index contributed by atoms with van der Waals surface area (Å²) in [6, 6.07) is 7.49. The zero-order valence-electron chi connectivity index (χ0n) is 11.3. The monoisotopic (exact) mass is 276 g/mol. The summed E-state index contributed by atoms with van der Waals surface area (Å²) in [5.41, 5.74) is 6.91. The number of carbonyl (C=O) groups is 1. The van der Waals surface area contributed by atoms with Gasteiger partial charge in [-0.1, -0.05) is 12.1 Å². The molecule has 1 aromatic rings. The molecule has 2 unspecified atom stereocenters. The summed E-state index contributed by atoms with van der Waals surface area (Å²) < 4.78 is 5.92. The fraction of sp³-hybridized carbons (Fsp3) is 0.533.